The predicted molar refractivity (Wildman–Crippen MR) is 106 cm³/mol. The van der Waals surface area contributed by atoms with Crippen LogP contribution in [0.15, 0.2) is 59.5 Å². The summed E-state index contributed by atoms with van der Waals surface area (Å²) >= 11 is 0. The van der Waals surface area contributed by atoms with E-state index in [1.165, 1.54) is 18.2 Å². The van der Waals surface area contributed by atoms with Crippen LogP contribution in [-0.2, 0) is 14.8 Å². The number of rotatable bonds is 5. The standard InChI is InChI=1S/C20H23N3O4S/c21-28(26,27)18-8-4-7-17(13-18)23-20(25)15-9-11-16(12-10-15)22-19(24)14-5-2-1-3-6-14/h1-8,13,15-16H,9-12H2,(H,22,24)(H,23,25)(H2,21,26,27). The van der Waals surface area contributed by atoms with Crippen molar-refractivity contribution in [3.63, 3.8) is 0 Å². The Labute approximate surface area is 164 Å². The van der Waals surface area contributed by atoms with Crippen LogP contribution in [0.3, 0.4) is 0 Å². The summed E-state index contributed by atoms with van der Waals surface area (Å²) in [5.74, 6) is -0.435. The molecule has 0 heterocycles. The minimum Gasteiger partial charge on any atom is -0.349 e. The highest BCUT2D eigenvalue weighted by molar-refractivity contribution is 7.89. The van der Waals surface area contributed by atoms with Crippen LogP contribution in [0, 0.1) is 5.92 Å². The first-order valence-electron chi connectivity index (χ1n) is 9.12. The molecule has 1 aliphatic carbocycles. The van der Waals surface area contributed by atoms with E-state index < -0.39 is 10.0 Å². The van der Waals surface area contributed by atoms with Gasteiger partial charge in [-0.3, -0.25) is 9.59 Å². The summed E-state index contributed by atoms with van der Waals surface area (Å²) in [7, 11) is -3.82. The third kappa shape index (κ3) is 5.17. The summed E-state index contributed by atoms with van der Waals surface area (Å²) in [5, 5.41) is 10.9. The zero-order valence-corrected chi connectivity index (χ0v) is 16.1. The number of benzene rings is 2. The summed E-state index contributed by atoms with van der Waals surface area (Å²) in [6.45, 7) is 0. The summed E-state index contributed by atoms with van der Waals surface area (Å²) in [6.07, 6.45) is 2.74. The van der Waals surface area contributed by atoms with Crippen LogP contribution in [0.25, 0.3) is 0 Å². The number of amides is 2. The van der Waals surface area contributed by atoms with Gasteiger partial charge >= 0.3 is 0 Å². The zero-order valence-electron chi connectivity index (χ0n) is 15.3. The molecule has 0 saturated heterocycles. The fourth-order valence-corrected chi connectivity index (χ4v) is 3.91. The molecule has 2 aromatic rings. The van der Waals surface area contributed by atoms with Crippen molar-refractivity contribution in [2.24, 2.45) is 11.1 Å². The number of primary sulfonamides is 1. The van der Waals surface area contributed by atoms with Gasteiger partial charge in [0, 0.05) is 23.2 Å². The fourth-order valence-electron chi connectivity index (χ4n) is 3.35. The van der Waals surface area contributed by atoms with E-state index in [9.17, 15) is 18.0 Å². The number of carbonyl (C=O) groups is 2. The van der Waals surface area contributed by atoms with E-state index in [2.05, 4.69) is 10.6 Å². The lowest BCUT2D eigenvalue weighted by Crippen LogP contribution is -2.39. The van der Waals surface area contributed by atoms with Gasteiger partial charge in [0.05, 0.1) is 4.90 Å². The van der Waals surface area contributed by atoms with E-state index in [1.54, 1.807) is 18.2 Å². The topological polar surface area (TPSA) is 118 Å². The Kier molecular flexibility index (Phi) is 6.11. The SMILES string of the molecule is NS(=O)(=O)c1cccc(NC(=O)C2CCC(NC(=O)c3ccccc3)CC2)c1. The van der Waals surface area contributed by atoms with Gasteiger partial charge in [-0.15, -0.1) is 0 Å². The molecule has 8 heteroatoms. The molecular formula is C20H23N3O4S. The van der Waals surface area contributed by atoms with Crippen LogP contribution in [-0.4, -0.2) is 26.3 Å². The number of nitrogens with two attached hydrogens (primary N) is 1. The smallest absolute Gasteiger partial charge is 0.251 e. The van der Waals surface area contributed by atoms with Gasteiger partial charge in [0.15, 0.2) is 0 Å². The van der Waals surface area contributed by atoms with E-state index in [4.69, 9.17) is 5.14 Å². The highest BCUT2D eigenvalue weighted by atomic mass is 32.2. The van der Waals surface area contributed by atoms with Gasteiger partial charge in [-0.05, 0) is 56.0 Å². The van der Waals surface area contributed by atoms with Crippen LogP contribution in [0.2, 0.25) is 0 Å². The quantitative estimate of drug-likeness (QED) is 0.712. The molecule has 0 spiro atoms. The number of anilines is 1. The average molecular weight is 401 g/mol. The Morgan fingerprint density at radius 3 is 2.25 bits per heavy atom. The Hall–Kier alpha value is -2.71. The van der Waals surface area contributed by atoms with E-state index in [-0.39, 0.29) is 28.7 Å². The monoisotopic (exact) mass is 401 g/mol. The third-order valence-electron chi connectivity index (χ3n) is 4.90. The molecule has 1 saturated carbocycles. The summed E-state index contributed by atoms with van der Waals surface area (Å²) in [5.41, 5.74) is 1.02. The Bertz CT molecular complexity index is 952. The first kappa shape index (κ1) is 20.0. The molecule has 7 nitrogen and oxygen atoms in total. The van der Waals surface area contributed by atoms with E-state index in [0.29, 0.717) is 36.9 Å². The number of nitrogens with one attached hydrogen (secondary N) is 2. The maximum atomic E-state index is 12.5. The van der Waals surface area contributed by atoms with Crippen molar-refractivity contribution in [1.29, 1.82) is 0 Å². The largest absolute Gasteiger partial charge is 0.349 e. The molecule has 0 aliphatic heterocycles. The minimum absolute atomic E-state index is 0.0439. The molecule has 0 radical (unpaired) electrons. The van der Waals surface area contributed by atoms with Gasteiger partial charge in [0.1, 0.15) is 0 Å². The Balaban J connectivity index is 1.52. The lowest BCUT2D eigenvalue weighted by Gasteiger charge is -2.28. The minimum atomic E-state index is -3.82. The summed E-state index contributed by atoms with van der Waals surface area (Å²) < 4.78 is 22.9. The van der Waals surface area contributed by atoms with Crippen LogP contribution < -0.4 is 15.8 Å². The van der Waals surface area contributed by atoms with E-state index in [0.717, 1.165) is 0 Å². The normalized spacial score (nSPS) is 19.6. The van der Waals surface area contributed by atoms with Crippen molar-refractivity contribution in [3.8, 4) is 0 Å². The zero-order chi connectivity index (χ0) is 20.1. The highest BCUT2D eigenvalue weighted by Crippen LogP contribution is 2.26. The summed E-state index contributed by atoms with van der Waals surface area (Å²) in [6, 6.07) is 15.0. The molecule has 1 fully saturated rings. The molecule has 28 heavy (non-hydrogen) atoms. The second kappa shape index (κ2) is 8.53. The molecule has 0 bridgehead atoms. The number of hydrogen-bond acceptors (Lipinski definition) is 4. The van der Waals surface area contributed by atoms with Crippen LogP contribution in [0.4, 0.5) is 5.69 Å². The maximum Gasteiger partial charge on any atom is 0.251 e. The maximum absolute atomic E-state index is 12.5. The Morgan fingerprint density at radius 2 is 1.61 bits per heavy atom. The van der Waals surface area contributed by atoms with Crippen molar-refractivity contribution in [2.45, 2.75) is 36.6 Å². The number of hydrogen-bond donors (Lipinski definition) is 3. The van der Waals surface area contributed by atoms with Gasteiger partial charge in [0.2, 0.25) is 15.9 Å². The molecule has 2 amide bonds. The average Bonchev–Trinajstić information content (AvgIpc) is 2.69. The van der Waals surface area contributed by atoms with E-state index in [1.807, 2.05) is 18.2 Å². The second-order valence-electron chi connectivity index (χ2n) is 6.95. The first-order chi connectivity index (χ1) is 13.3. The van der Waals surface area contributed by atoms with Crippen LogP contribution >= 0.6 is 0 Å². The molecular weight excluding hydrogens is 378 g/mol. The van der Waals surface area contributed by atoms with Crippen molar-refractivity contribution < 1.29 is 18.0 Å². The van der Waals surface area contributed by atoms with Gasteiger partial charge in [-0.25, -0.2) is 13.6 Å². The predicted octanol–water partition coefficient (Wildman–Crippen LogP) is 2.26. The third-order valence-corrected chi connectivity index (χ3v) is 5.81. The van der Waals surface area contributed by atoms with Gasteiger partial charge in [0.25, 0.3) is 5.91 Å². The molecule has 0 atom stereocenters. The fraction of sp³-hybridized carbons (Fsp3) is 0.300. The van der Waals surface area contributed by atoms with Crippen molar-refractivity contribution in [3.05, 3.63) is 60.2 Å². The van der Waals surface area contributed by atoms with Crippen LogP contribution in [0.5, 0.6) is 0 Å². The first-order valence-corrected chi connectivity index (χ1v) is 10.7. The molecule has 4 N–H and O–H groups in total. The number of carbonyl (C=O) groups excluding carboxylic acids is 2. The van der Waals surface area contributed by atoms with Crippen molar-refractivity contribution >= 4 is 27.5 Å². The van der Waals surface area contributed by atoms with E-state index >= 15 is 0 Å². The Morgan fingerprint density at radius 1 is 0.929 bits per heavy atom. The van der Waals surface area contributed by atoms with Crippen molar-refractivity contribution in [1.82, 2.24) is 5.32 Å². The lowest BCUT2D eigenvalue weighted by molar-refractivity contribution is -0.120. The molecule has 3 rings (SSSR count). The lowest BCUT2D eigenvalue weighted by atomic mass is 9.85. The second-order valence-corrected chi connectivity index (χ2v) is 8.51. The van der Waals surface area contributed by atoms with Gasteiger partial charge in [-0.2, -0.15) is 0 Å². The van der Waals surface area contributed by atoms with Gasteiger partial charge in [-0.1, -0.05) is 24.3 Å². The molecule has 2 aromatic carbocycles. The highest BCUT2D eigenvalue weighted by Gasteiger charge is 2.27. The molecule has 0 aromatic heterocycles. The van der Waals surface area contributed by atoms with Crippen molar-refractivity contribution in [2.75, 3.05) is 5.32 Å². The molecule has 148 valence electrons. The summed E-state index contributed by atoms with van der Waals surface area (Å²) in [4.78, 5) is 24.7. The molecule has 0 unspecified atom stereocenters. The molecule has 1 aliphatic rings. The van der Waals surface area contributed by atoms with Crippen LogP contribution in [0.1, 0.15) is 36.0 Å². The number of sulfonamides is 1. The van der Waals surface area contributed by atoms with Gasteiger partial charge < -0.3 is 10.6 Å².